The van der Waals surface area contributed by atoms with Crippen LogP contribution in [0.3, 0.4) is 0 Å². The van der Waals surface area contributed by atoms with E-state index in [9.17, 15) is 6.85 Å². The minimum atomic E-state index is -0.426. The summed E-state index contributed by atoms with van der Waals surface area (Å²) in [5.41, 5.74) is 9.66. The second-order valence-electron chi connectivity index (χ2n) is 14.4. The molecule has 0 spiro atoms. The Morgan fingerprint density at radius 1 is 0.316 bits per heavy atom. The van der Waals surface area contributed by atoms with Crippen molar-refractivity contribution in [2.45, 2.75) is 0 Å². The van der Waals surface area contributed by atoms with Crippen molar-refractivity contribution in [3.8, 4) is 39.3 Å². The summed E-state index contributed by atoms with van der Waals surface area (Å²) >= 11 is 0. The first-order valence-corrected chi connectivity index (χ1v) is 19.0. The monoisotopic (exact) mass is 732 g/mol. The third-order valence-electron chi connectivity index (χ3n) is 11.3. The van der Waals surface area contributed by atoms with Crippen molar-refractivity contribution >= 4 is 65.4 Å². The first kappa shape index (κ1) is 25.5. The van der Waals surface area contributed by atoms with Crippen LogP contribution in [-0.2, 0) is 0 Å². The van der Waals surface area contributed by atoms with Gasteiger partial charge in [0.15, 0.2) is 0 Å². The normalized spacial score (nSPS) is 13.6. The number of para-hydroxylation sites is 5. The molecule has 12 rings (SSSR count). The van der Waals surface area contributed by atoms with E-state index in [2.05, 4.69) is 69.8 Å². The smallest absolute Gasteiger partial charge is 0.0645 e. The minimum Gasteiger partial charge on any atom is -0.309 e. The molecule has 0 aliphatic heterocycles. The molecule has 3 heterocycles. The maximum atomic E-state index is 9.98. The fraction of sp³-hybridized carbons (Fsp3) is 0. The van der Waals surface area contributed by atoms with Crippen LogP contribution in [0.25, 0.3) is 105 Å². The van der Waals surface area contributed by atoms with E-state index in [1.165, 1.54) is 0 Å². The molecule has 0 atom stereocenters. The lowest BCUT2D eigenvalue weighted by Crippen LogP contribution is -1.95. The zero-order valence-corrected chi connectivity index (χ0v) is 30.5. The largest absolute Gasteiger partial charge is 0.309 e. The van der Waals surface area contributed by atoms with Gasteiger partial charge in [-0.15, -0.1) is 0 Å². The van der Waals surface area contributed by atoms with Gasteiger partial charge in [-0.1, -0.05) is 133 Å². The molecule has 3 nitrogen and oxygen atoms in total. The van der Waals surface area contributed by atoms with Crippen LogP contribution in [0.5, 0.6) is 0 Å². The molecule has 57 heavy (non-hydrogen) atoms. The molecule has 9 aromatic carbocycles. The van der Waals surface area contributed by atoms with Crippen molar-refractivity contribution in [2.24, 2.45) is 0 Å². The SMILES string of the molecule is [2H]c1c([2H])c([2H])c2c(c1[2H])c1c([2H])c(-c3ccc4c(c3)c3cccc(-c5ccccc5)c3n4-c3ccccc3)c([2H])c([2H])c1n2-c1ccc2c(c1)c1ccccc1n2-c1ccccc1. The van der Waals surface area contributed by atoms with Gasteiger partial charge < -0.3 is 13.7 Å². The number of fused-ring (bicyclic) bond motifs is 9. The lowest BCUT2D eigenvalue weighted by atomic mass is 9.99. The Morgan fingerprint density at radius 2 is 0.930 bits per heavy atom. The molecule has 0 radical (unpaired) electrons. The van der Waals surface area contributed by atoms with E-state index in [0.29, 0.717) is 11.3 Å². The molecule has 0 saturated heterocycles. The van der Waals surface area contributed by atoms with E-state index in [1.807, 2.05) is 109 Å². The van der Waals surface area contributed by atoms with Crippen molar-refractivity contribution < 1.29 is 9.60 Å². The first-order chi connectivity index (χ1) is 31.2. The van der Waals surface area contributed by atoms with Gasteiger partial charge in [-0.3, -0.25) is 0 Å². The number of hydrogen-bond acceptors (Lipinski definition) is 0. The third kappa shape index (κ3) is 4.79. The number of aromatic nitrogens is 3. The molecule has 0 fully saturated rings. The fourth-order valence-electron chi connectivity index (χ4n) is 8.79. The fourth-order valence-corrected chi connectivity index (χ4v) is 8.79. The Labute approximate surface area is 339 Å². The van der Waals surface area contributed by atoms with Crippen LogP contribution in [0.4, 0.5) is 0 Å². The molecule has 0 amide bonds. The molecule has 0 bridgehead atoms. The standard InChI is InChI=1S/C54H35N3/c1-4-15-36(16-5-1)42-23-14-24-45-47-34-38(28-31-53(47)57(54(42)45)40-19-8-3-9-20-40)37-27-30-51-46(33-37)43-21-10-13-26-50(43)56(51)41-29-32-52-48(35-41)44-22-11-12-25-49(44)55(52)39-17-6-2-7-18-39/h1-35H/i10D,13D,21D,26D,27D,30D,33D. The predicted molar refractivity (Wildman–Crippen MR) is 240 cm³/mol. The quantitative estimate of drug-likeness (QED) is 0.167. The molecule has 12 aromatic rings. The molecule has 266 valence electrons. The van der Waals surface area contributed by atoms with Gasteiger partial charge in [0.1, 0.15) is 0 Å². The zero-order chi connectivity index (χ0) is 43.5. The second kappa shape index (κ2) is 12.5. The highest BCUT2D eigenvalue weighted by atomic mass is 15.0. The van der Waals surface area contributed by atoms with Crippen molar-refractivity contribution in [3.63, 3.8) is 0 Å². The Kier molecular flexibility index (Phi) is 5.56. The van der Waals surface area contributed by atoms with Crippen LogP contribution in [0.2, 0.25) is 0 Å². The molecule has 3 aromatic heterocycles. The second-order valence-corrected chi connectivity index (χ2v) is 14.4. The van der Waals surface area contributed by atoms with Crippen LogP contribution in [0.15, 0.2) is 212 Å². The van der Waals surface area contributed by atoms with Gasteiger partial charge in [0.25, 0.3) is 0 Å². The van der Waals surface area contributed by atoms with E-state index in [1.54, 1.807) is 4.57 Å². The summed E-state index contributed by atoms with van der Waals surface area (Å²) in [6.45, 7) is 0. The topological polar surface area (TPSA) is 14.8 Å². The summed E-state index contributed by atoms with van der Waals surface area (Å²) in [5.74, 6) is 0. The van der Waals surface area contributed by atoms with Crippen LogP contribution in [0.1, 0.15) is 9.60 Å². The molecular formula is C54H35N3. The molecule has 0 unspecified atom stereocenters. The Morgan fingerprint density at radius 3 is 1.75 bits per heavy atom. The lowest BCUT2D eigenvalue weighted by Gasteiger charge is -2.12. The van der Waals surface area contributed by atoms with Crippen molar-refractivity contribution in [1.29, 1.82) is 0 Å². The van der Waals surface area contributed by atoms with Gasteiger partial charge >= 0.3 is 0 Å². The van der Waals surface area contributed by atoms with Crippen molar-refractivity contribution in [2.75, 3.05) is 0 Å². The van der Waals surface area contributed by atoms with E-state index < -0.39 is 12.1 Å². The predicted octanol–water partition coefficient (Wildman–Crippen LogP) is 14.3. The molecule has 0 aliphatic carbocycles. The van der Waals surface area contributed by atoms with E-state index in [4.69, 9.17) is 2.74 Å². The van der Waals surface area contributed by atoms with Crippen LogP contribution in [-0.4, -0.2) is 13.7 Å². The van der Waals surface area contributed by atoms with E-state index >= 15 is 0 Å². The lowest BCUT2D eigenvalue weighted by molar-refractivity contribution is 1.17. The molecule has 0 N–H and O–H groups in total. The maximum absolute atomic E-state index is 9.98. The van der Waals surface area contributed by atoms with Crippen LogP contribution in [0, 0.1) is 0 Å². The summed E-state index contributed by atoms with van der Waals surface area (Å²) in [5, 5.41) is 4.13. The molecular weight excluding hydrogens is 691 g/mol. The van der Waals surface area contributed by atoms with Gasteiger partial charge in [0.05, 0.1) is 42.7 Å². The molecule has 3 heteroatoms. The van der Waals surface area contributed by atoms with Crippen LogP contribution < -0.4 is 0 Å². The Hall–Kier alpha value is -7.62. The first-order valence-electron chi connectivity index (χ1n) is 22.5. The third-order valence-corrected chi connectivity index (χ3v) is 11.3. The van der Waals surface area contributed by atoms with Gasteiger partial charge in [-0.05, 0) is 95.5 Å². The van der Waals surface area contributed by atoms with Gasteiger partial charge in [0.2, 0.25) is 0 Å². The Bertz CT molecular complexity index is 3910. The summed E-state index contributed by atoms with van der Waals surface area (Å²) in [7, 11) is 0. The number of hydrogen-bond donors (Lipinski definition) is 0. The van der Waals surface area contributed by atoms with E-state index in [-0.39, 0.29) is 57.6 Å². The van der Waals surface area contributed by atoms with Crippen molar-refractivity contribution in [1.82, 2.24) is 13.7 Å². The Balaban J connectivity index is 1.15. The average Bonchev–Trinajstić information content (AvgIpc) is 3.99. The number of nitrogens with zero attached hydrogens (tertiary/aromatic N) is 3. The van der Waals surface area contributed by atoms with Crippen molar-refractivity contribution in [3.05, 3.63) is 212 Å². The highest BCUT2D eigenvalue weighted by Crippen LogP contribution is 2.42. The molecule has 0 saturated carbocycles. The molecule has 0 aliphatic rings. The summed E-state index contributed by atoms with van der Waals surface area (Å²) < 4.78 is 71.7. The van der Waals surface area contributed by atoms with Gasteiger partial charge in [0, 0.05) is 54.9 Å². The minimum absolute atomic E-state index is 0.0809. The summed E-state index contributed by atoms with van der Waals surface area (Å²) in [4.78, 5) is 0. The maximum Gasteiger partial charge on any atom is 0.0645 e. The highest BCUT2D eigenvalue weighted by molar-refractivity contribution is 6.16. The average molecular weight is 733 g/mol. The van der Waals surface area contributed by atoms with Crippen LogP contribution >= 0.6 is 0 Å². The van der Waals surface area contributed by atoms with Gasteiger partial charge in [-0.2, -0.15) is 0 Å². The number of rotatable bonds is 5. The highest BCUT2D eigenvalue weighted by Gasteiger charge is 2.19. The summed E-state index contributed by atoms with van der Waals surface area (Å²) in [6.07, 6.45) is 0. The zero-order valence-electron chi connectivity index (χ0n) is 37.5. The number of benzene rings is 9. The van der Waals surface area contributed by atoms with E-state index in [0.717, 1.165) is 66.1 Å². The van der Waals surface area contributed by atoms with Gasteiger partial charge in [-0.25, -0.2) is 0 Å². The summed E-state index contributed by atoms with van der Waals surface area (Å²) in [6, 6.07) is 54.8.